The third-order valence-corrected chi connectivity index (χ3v) is 15.9. The van der Waals surface area contributed by atoms with E-state index in [9.17, 15) is 9.59 Å². The fraction of sp³-hybridized carbons (Fsp3) is 0.968. The highest BCUT2D eigenvalue weighted by Gasteiger charge is 2.23. The summed E-state index contributed by atoms with van der Waals surface area (Å²) in [5.41, 5.74) is 0. The smallest absolute Gasteiger partial charge is 0.222 e. The fourth-order valence-electron chi connectivity index (χ4n) is 11.2. The molecule has 0 bridgehead atoms. The van der Waals surface area contributed by atoms with Crippen LogP contribution in [0.1, 0.15) is 336 Å². The van der Waals surface area contributed by atoms with Gasteiger partial charge in [-0.05, 0) is 89.1 Å². The highest BCUT2D eigenvalue weighted by molar-refractivity contribution is 5.76. The molecule has 0 unspecified atom stereocenters. The van der Waals surface area contributed by atoms with Crippen LogP contribution in [0.3, 0.4) is 0 Å². The zero-order valence-corrected chi connectivity index (χ0v) is 47.5. The summed E-state index contributed by atoms with van der Waals surface area (Å²) in [4.78, 5) is 34.3. The molecular formula is C63H125N3O2. The van der Waals surface area contributed by atoms with Gasteiger partial charge in [0.25, 0.3) is 0 Å². The molecule has 0 aromatic carbocycles. The molecule has 0 aromatic heterocycles. The molecular weight excluding hydrogens is 831 g/mol. The molecule has 5 heteroatoms. The lowest BCUT2D eigenvalue weighted by atomic mass is 10.0. The van der Waals surface area contributed by atoms with Crippen molar-refractivity contribution in [2.45, 2.75) is 336 Å². The molecule has 1 aliphatic rings. The number of carbonyl (C=O) groups excluding carboxylic acids is 2. The van der Waals surface area contributed by atoms with E-state index in [2.05, 4.69) is 49.3 Å². The normalized spacial score (nSPS) is 15.0. The van der Waals surface area contributed by atoms with Crippen LogP contribution in [0, 0.1) is 11.8 Å². The molecule has 0 spiro atoms. The third kappa shape index (κ3) is 41.5. The van der Waals surface area contributed by atoms with Crippen molar-refractivity contribution in [2.75, 3.05) is 45.8 Å². The van der Waals surface area contributed by atoms with E-state index in [1.807, 2.05) is 0 Å². The van der Waals surface area contributed by atoms with Crippen molar-refractivity contribution < 1.29 is 9.59 Å². The van der Waals surface area contributed by atoms with Crippen LogP contribution in [-0.4, -0.2) is 72.3 Å². The van der Waals surface area contributed by atoms with Crippen molar-refractivity contribution in [3.05, 3.63) is 0 Å². The standard InChI is InChI=1S/C63H125N3O2/c1-6-10-14-18-22-26-36-44-54-65(55-45-37-27-23-19-15-11-7-2)62(67)48-40-32-30-34-42-52-64(59-61-51-50-60(5)58-61)53-43-35-31-33-41-49-63(68)66(56-46-38-28-24-20-16-12-8-3)57-47-39-29-25-21-17-13-9-4/h60-61H,6-59H2,1-5H3/t60-,61+/m1/s1. The first kappa shape index (κ1) is 64.9. The maximum atomic E-state index is 13.5. The van der Waals surface area contributed by atoms with E-state index >= 15 is 0 Å². The highest BCUT2D eigenvalue weighted by atomic mass is 16.2. The Kier molecular flexibility index (Phi) is 48.5. The van der Waals surface area contributed by atoms with Crippen molar-refractivity contribution in [1.82, 2.24) is 14.7 Å². The van der Waals surface area contributed by atoms with E-state index in [-0.39, 0.29) is 0 Å². The molecule has 2 atom stereocenters. The van der Waals surface area contributed by atoms with Gasteiger partial charge in [-0.25, -0.2) is 0 Å². The minimum absolute atomic E-state index is 0.435. The summed E-state index contributed by atoms with van der Waals surface area (Å²) in [5, 5.41) is 0. The molecule has 1 rings (SSSR count). The predicted octanol–water partition coefficient (Wildman–Crippen LogP) is 19.6. The molecule has 0 heterocycles. The largest absolute Gasteiger partial charge is 0.343 e. The summed E-state index contributed by atoms with van der Waals surface area (Å²) in [7, 11) is 0. The molecule has 1 fully saturated rings. The first-order valence-corrected chi connectivity index (χ1v) is 31.7. The zero-order valence-electron chi connectivity index (χ0n) is 47.5. The molecule has 0 radical (unpaired) electrons. The molecule has 0 aliphatic heterocycles. The second-order valence-electron chi connectivity index (χ2n) is 22.8. The van der Waals surface area contributed by atoms with Crippen LogP contribution in [0.5, 0.6) is 0 Å². The molecule has 1 aliphatic carbocycles. The number of carbonyl (C=O) groups is 2. The minimum Gasteiger partial charge on any atom is -0.343 e. The summed E-state index contributed by atoms with van der Waals surface area (Å²) in [6, 6.07) is 0. The molecule has 0 N–H and O–H groups in total. The second kappa shape index (κ2) is 50.8. The summed E-state index contributed by atoms with van der Waals surface area (Å²) in [6.07, 6.45) is 60.6. The van der Waals surface area contributed by atoms with Crippen LogP contribution in [0.15, 0.2) is 0 Å². The first-order valence-electron chi connectivity index (χ1n) is 31.7. The predicted molar refractivity (Wildman–Crippen MR) is 302 cm³/mol. The van der Waals surface area contributed by atoms with Gasteiger partial charge in [0.15, 0.2) is 0 Å². The monoisotopic (exact) mass is 956 g/mol. The van der Waals surface area contributed by atoms with Crippen LogP contribution in [0.2, 0.25) is 0 Å². The van der Waals surface area contributed by atoms with Crippen molar-refractivity contribution in [3.63, 3.8) is 0 Å². The topological polar surface area (TPSA) is 43.9 Å². The summed E-state index contributed by atoms with van der Waals surface area (Å²) < 4.78 is 0. The average Bonchev–Trinajstić information content (AvgIpc) is 3.76. The third-order valence-electron chi connectivity index (χ3n) is 15.9. The van der Waals surface area contributed by atoms with Gasteiger partial charge in [0.1, 0.15) is 0 Å². The van der Waals surface area contributed by atoms with E-state index in [1.165, 1.54) is 296 Å². The Hall–Kier alpha value is -1.10. The Balaban J connectivity index is 2.43. The maximum Gasteiger partial charge on any atom is 0.222 e. The van der Waals surface area contributed by atoms with Crippen molar-refractivity contribution in [2.24, 2.45) is 11.8 Å². The Morgan fingerprint density at radius 2 is 0.574 bits per heavy atom. The Labute approximate surface area is 428 Å². The fourth-order valence-corrected chi connectivity index (χ4v) is 11.2. The van der Waals surface area contributed by atoms with E-state index in [0.717, 1.165) is 63.7 Å². The van der Waals surface area contributed by atoms with E-state index in [1.54, 1.807) is 0 Å². The van der Waals surface area contributed by atoms with E-state index in [0.29, 0.717) is 11.8 Å². The lowest BCUT2D eigenvalue weighted by molar-refractivity contribution is -0.132. The van der Waals surface area contributed by atoms with Crippen LogP contribution < -0.4 is 0 Å². The van der Waals surface area contributed by atoms with Gasteiger partial charge >= 0.3 is 0 Å². The van der Waals surface area contributed by atoms with Crippen molar-refractivity contribution in [3.8, 4) is 0 Å². The molecule has 2 amide bonds. The van der Waals surface area contributed by atoms with Gasteiger partial charge in [0.05, 0.1) is 0 Å². The number of rotatable bonds is 54. The zero-order chi connectivity index (χ0) is 49.2. The highest BCUT2D eigenvalue weighted by Crippen LogP contribution is 2.31. The average molecular weight is 957 g/mol. The first-order chi connectivity index (χ1) is 33.4. The number of hydrogen-bond acceptors (Lipinski definition) is 3. The summed E-state index contributed by atoms with van der Waals surface area (Å²) >= 11 is 0. The number of nitrogens with zero attached hydrogens (tertiary/aromatic N) is 3. The molecule has 1 saturated carbocycles. The van der Waals surface area contributed by atoms with Gasteiger partial charge in [-0.1, -0.05) is 259 Å². The molecule has 68 heavy (non-hydrogen) atoms. The maximum absolute atomic E-state index is 13.5. The molecule has 0 aromatic rings. The lowest BCUT2D eigenvalue weighted by Crippen LogP contribution is -2.32. The lowest BCUT2D eigenvalue weighted by Gasteiger charge is -2.26. The molecule has 0 saturated heterocycles. The second-order valence-corrected chi connectivity index (χ2v) is 22.8. The van der Waals surface area contributed by atoms with E-state index in [4.69, 9.17) is 0 Å². The van der Waals surface area contributed by atoms with Gasteiger partial charge < -0.3 is 14.7 Å². The van der Waals surface area contributed by atoms with Crippen LogP contribution >= 0.6 is 0 Å². The quantitative estimate of drug-likeness (QED) is 0.0571. The van der Waals surface area contributed by atoms with Crippen LogP contribution in [0.25, 0.3) is 0 Å². The molecule has 5 nitrogen and oxygen atoms in total. The van der Waals surface area contributed by atoms with Gasteiger partial charge in [-0.15, -0.1) is 0 Å². The van der Waals surface area contributed by atoms with Crippen molar-refractivity contribution >= 4 is 11.8 Å². The Morgan fingerprint density at radius 3 is 0.838 bits per heavy atom. The summed E-state index contributed by atoms with van der Waals surface area (Å²) in [5.74, 6) is 2.66. The Bertz CT molecular complexity index is 940. The van der Waals surface area contributed by atoms with Gasteiger partial charge in [0.2, 0.25) is 11.8 Å². The Morgan fingerprint density at radius 1 is 0.324 bits per heavy atom. The number of unbranched alkanes of at least 4 members (excludes halogenated alkanes) is 36. The van der Waals surface area contributed by atoms with Gasteiger partial charge in [0, 0.05) is 45.6 Å². The summed E-state index contributed by atoms with van der Waals surface area (Å²) in [6.45, 7) is 19.4. The molecule has 404 valence electrons. The number of amides is 2. The van der Waals surface area contributed by atoms with Gasteiger partial charge in [-0.3, -0.25) is 9.59 Å². The van der Waals surface area contributed by atoms with Gasteiger partial charge in [-0.2, -0.15) is 0 Å². The number of hydrogen-bond donors (Lipinski definition) is 0. The van der Waals surface area contributed by atoms with Crippen LogP contribution in [0.4, 0.5) is 0 Å². The van der Waals surface area contributed by atoms with Crippen LogP contribution in [-0.2, 0) is 9.59 Å². The minimum atomic E-state index is 0.435. The van der Waals surface area contributed by atoms with E-state index < -0.39 is 0 Å². The SMILES string of the molecule is CCCCCCCCCCN(CCCCCCCCCC)C(=O)CCCCCCCN(CCCCCCCC(=O)N(CCCCCCCCCC)CCCCCCCCCC)C[C@H]1CC[C@@H](C)C1. The van der Waals surface area contributed by atoms with Crippen molar-refractivity contribution in [1.29, 1.82) is 0 Å².